The molecule has 0 spiro atoms. The summed E-state index contributed by atoms with van der Waals surface area (Å²) in [6.07, 6.45) is 18.4. The summed E-state index contributed by atoms with van der Waals surface area (Å²) in [4.78, 5) is 0. The molecule has 0 bridgehead atoms. The molecule has 0 aromatic heterocycles. The fourth-order valence-electron chi connectivity index (χ4n) is 3.50. The van der Waals surface area contributed by atoms with Gasteiger partial charge in [-0.1, -0.05) is 89.2 Å². The number of rotatable bonds is 16. The van der Waals surface area contributed by atoms with Gasteiger partial charge in [-0.15, -0.1) is 0 Å². The zero-order valence-electron chi connectivity index (χ0n) is 20.8. The first-order valence-electron chi connectivity index (χ1n) is 12.9. The molecule has 0 aliphatic heterocycles. The SMILES string of the molecule is CCCCCC=CCOc1ccc(C#Cc2ccc(OCCCCCCCCC)cc2)cc1. The smallest absolute Gasteiger partial charge is 0.119 e. The topological polar surface area (TPSA) is 18.5 Å². The molecule has 0 aliphatic carbocycles. The minimum absolute atomic E-state index is 0.616. The van der Waals surface area contributed by atoms with Crippen molar-refractivity contribution in [2.24, 2.45) is 0 Å². The molecule has 2 rings (SSSR count). The Kier molecular flexibility index (Phi) is 14.4. The lowest BCUT2D eigenvalue weighted by molar-refractivity contribution is 0.304. The van der Waals surface area contributed by atoms with Gasteiger partial charge < -0.3 is 9.47 Å². The number of unbranched alkanes of at least 4 members (excludes halogenated alkanes) is 9. The molecule has 0 saturated heterocycles. The van der Waals surface area contributed by atoms with E-state index < -0.39 is 0 Å². The molecule has 0 saturated carbocycles. The van der Waals surface area contributed by atoms with E-state index >= 15 is 0 Å². The van der Waals surface area contributed by atoms with Crippen molar-refractivity contribution in [2.75, 3.05) is 13.2 Å². The maximum Gasteiger partial charge on any atom is 0.119 e. The molecule has 0 heterocycles. The highest BCUT2D eigenvalue weighted by molar-refractivity contribution is 5.45. The van der Waals surface area contributed by atoms with Crippen molar-refractivity contribution in [3.63, 3.8) is 0 Å². The van der Waals surface area contributed by atoms with E-state index in [0.29, 0.717) is 6.61 Å². The van der Waals surface area contributed by atoms with Crippen LogP contribution in [0.1, 0.15) is 95.6 Å². The fourth-order valence-corrected chi connectivity index (χ4v) is 3.50. The maximum atomic E-state index is 5.86. The number of hydrogen-bond donors (Lipinski definition) is 0. The van der Waals surface area contributed by atoms with Crippen LogP contribution in [-0.2, 0) is 0 Å². The zero-order chi connectivity index (χ0) is 23.4. The van der Waals surface area contributed by atoms with Gasteiger partial charge >= 0.3 is 0 Å². The third-order valence-electron chi connectivity index (χ3n) is 5.56. The molecule has 0 radical (unpaired) electrons. The summed E-state index contributed by atoms with van der Waals surface area (Å²) in [6, 6.07) is 16.1. The van der Waals surface area contributed by atoms with Gasteiger partial charge in [-0.3, -0.25) is 0 Å². The van der Waals surface area contributed by atoms with Crippen molar-refractivity contribution in [1.29, 1.82) is 0 Å². The molecule has 0 unspecified atom stereocenters. The normalized spacial score (nSPS) is 10.7. The summed E-state index contributed by atoms with van der Waals surface area (Å²) < 4.78 is 11.6. The standard InChI is InChI=1S/C31H42O2/c1-3-5-7-9-11-13-15-27-33-31-24-20-29(21-25-31)17-16-28-18-22-30(23-19-28)32-26-14-12-10-8-6-4-2/h12,14,18-25H,3-11,13,15,26-27H2,1-2H3. The monoisotopic (exact) mass is 446 g/mol. The van der Waals surface area contributed by atoms with Gasteiger partial charge in [0.1, 0.15) is 18.1 Å². The minimum Gasteiger partial charge on any atom is -0.494 e. The summed E-state index contributed by atoms with van der Waals surface area (Å²) >= 11 is 0. The summed E-state index contributed by atoms with van der Waals surface area (Å²) in [5.74, 6) is 8.25. The Balaban J connectivity index is 1.66. The lowest BCUT2D eigenvalue weighted by Crippen LogP contribution is -1.97. The average molecular weight is 447 g/mol. The van der Waals surface area contributed by atoms with E-state index in [1.54, 1.807) is 0 Å². The van der Waals surface area contributed by atoms with Gasteiger partial charge in [0.25, 0.3) is 0 Å². The summed E-state index contributed by atoms with van der Waals surface area (Å²) in [5.41, 5.74) is 1.98. The molecular formula is C31H42O2. The lowest BCUT2D eigenvalue weighted by Gasteiger charge is -2.06. The Morgan fingerprint density at radius 3 is 1.70 bits per heavy atom. The Bertz CT molecular complexity index is 822. The predicted octanol–water partition coefficient (Wildman–Crippen LogP) is 8.73. The van der Waals surface area contributed by atoms with Gasteiger partial charge in [-0.2, -0.15) is 0 Å². The van der Waals surface area contributed by atoms with E-state index in [4.69, 9.17) is 9.47 Å². The summed E-state index contributed by atoms with van der Waals surface area (Å²) in [6.45, 7) is 5.89. The number of hydrogen-bond acceptors (Lipinski definition) is 2. The van der Waals surface area contributed by atoms with Crippen molar-refractivity contribution in [3.05, 3.63) is 71.8 Å². The molecule has 2 aromatic rings. The molecule has 0 aliphatic rings. The molecule has 33 heavy (non-hydrogen) atoms. The molecule has 2 nitrogen and oxygen atoms in total. The number of benzene rings is 2. The van der Waals surface area contributed by atoms with Crippen molar-refractivity contribution in [1.82, 2.24) is 0 Å². The highest BCUT2D eigenvalue weighted by Crippen LogP contribution is 2.14. The molecule has 0 fully saturated rings. The van der Waals surface area contributed by atoms with Gasteiger partial charge in [0.05, 0.1) is 6.61 Å². The van der Waals surface area contributed by atoms with Crippen LogP contribution in [0, 0.1) is 11.8 Å². The van der Waals surface area contributed by atoms with Gasteiger partial charge in [0.15, 0.2) is 0 Å². The first-order valence-corrected chi connectivity index (χ1v) is 12.9. The van der Waals surface area contributed by atoms with Crippen LogP contribution in [0.5, 0.6) is 11.5 Å². The molecule has 178 valence electrons. The second kappa shape index (κ2) is 17.8. The van der Waals surface area contributed by atoms with Gasteiger partial charge in [-0.25, -0.2) is 0 Å². The van der Waals surface area contributed by atoms with Crippen molar-refractivity contribution >= 4 is 0 Å². The third-order valence-corrected chi connectivity index (χ3v) is 5.56. The van der Waals surface area contributed by atoms with Gasteiger partial charge in [-0.05, 0) is 67.8 Å². The average Bonchev–Trinajstić information content (AvgIpc) is 2.85. The molecule has 0 N–H and O–H groups in total. The van der Waals surface area contributed by atoms with Gasteiger partial charge in [0, 0.05) is 11.1 Å². The van der Waals surface area contributed by atoms with Crippen molar-refractivity contribution in [3.8, 4) is 23.3 Å². The number of ether oxygens (including phenoxy) is 2. The van der Waals surface area contributed by atoms with Crippen LogP contribution in [0.15, 0.2) is 60.7 Å². The quantitative estimate of drug-likeness (QED) is 0.146. The third kappa shape index (κ3) is 12.8. The van der Waals surface area contributed by atoms with Crippen LogP contribution >= 0.6 is 0 Å². The van der Waals surface area contributed by atoms with E-state index in [-0.39, 0.29) is 0 Å². The van der Waals surface area contributed by atoms with E-state index in [1.807, 2.05) is 48.5 Å². The second-order valence-electron chi connectivity index (χ2n) is 8.55. The van der Waals surface area contributed by atoms with E-state index in [9.17, 15) is 0 Å². The van der Waals surface area contributed by atoms with Crippen LogP contribution in [-0.4, -0.2) is 13.2 Å². The summed E-state index contributed by atoms with van der Waals surface area (Å²) in [7, 11) is 0. The van der Waals surface area contributed by atoms with Crippen LogP contribution in [0.25, 0.3) is 0 Å². The first-order chi connectivity index (χ1) is 16.3. The fraction of sp³-hybridized carbons (Fsp3) is 0.484. The Labute approximate surface area is 202 Å². The number of allylic oxidation sites excluding steroid dienone is 1. The van der Waals surface area contributed by atoms with Crippen molar-refractivity contribution in [2.45, 2.75) is 84.5 Å². The highest BCUT2D eigenvalue weighted by Gasteiger charge is 1.96. The van der Waals surface area contributed by atoms with Crippen LogP contribution in [0.3, 0.4) is 0 Å². The Morgan fingerprint density at radius 2 is 1.09 bits per heavy atom. The zero-order valence-corrected chi connectivity index (χ0v) is 20.8. The first kappa shape index (κ1) is 26.6. The van der Waals surface area contributed by atoms with Crippen LogP contribution in [0.2, 0.25) is 0 Å². The van der Waals surface area contributed by atoms with Gasteiger partial charge in [0.2, 0.25) is 0 Å². The van der Waals surface area contributed by atoms with E-state index in [2.05, 4.69) is 37.8 Å². The largest absolute Gasteiger partial charge is 0.494 e. The van der Waals surface area contributed by atoms with Crippen LogP contribution in [0.4, 0.5) is 0 Å². The lowest BCUT2D eigenvalue weighted by atomic mass is 10.1. The molecule has 2 aromatic carbocycles. The highest BCUT2D eigenvalue weighted by atomic mass is 16.5. The maximum absolute atomic E-state index is 5.86. The molecule has 0 atom stereocenters. The van der Waals surface area contributed by atoms with E-state index in [0.717, 1.165) is 42.1 Å². The Morgan fingerprint density at radius 1 is 0.576 bits per heavy atom. The second-order valence-corrected chi connectivity index (χ2v) is 8.55. The van der Waals surface area contributed by atoms with Crippen LogP contribution < -0.4 is 9.47 Å². The van der Waals surface area contributed by atoms with Crippen molar-refractivity contribution < 1.29 is 9.47 Å². The Hall–Kier alpha value is -2.66. The molecule has 2 heteroatoms. The minimum atomic E-state index is 0.616. The predicted molar refractivity (Wildman–Crippen MR) is 141 cm³/mol. The van der Waals surface area contributed by atoms with E-state index in [1.165, 1.54) is 57.8 Å². The molecular weight excluding hydrogens is 404 g/mol. The summed E-state index contributed by atoms with van der Waals surface area (Å²) in [5, 5.41) is 0. The molecule has 0 amide bonds.